The van der Waals surface area contributed by atoms with E-state index in [-0.39, 0.29) is 0 Å². The van der Waals surface area contributed by atoms with E-state index < -0.39 is 13.3 Å². The van der Waals surface area contributed by atoms with Crippen molar-refractivity contribution in [2.45, 2.75) is 17.5 Å². The molecule has 2 atom stereocenters. The molecule has 1 aliphatic heterocycles. The van der Waals surface area contributed by atoms with Gasteiger partial charge in [-0.1, -0.05) is 133 Å². The third kappa shape index (κ3) is 3.30. The van der Waals surface area contributed by atoms with E-state index in [1.165, 1.54) is 44.0 Å². The quantitative estimate of drug-likeness (QED) is 0.213. The lowest BCUT2D eigenvalue weighted by molar-refractivity contribution is 0.437. The molecule has 2 heteroatoms. The van der Waals surface area contributed by atoms with Gasteiger partial charge in [0.05, 0.1) is 5.41 Å². The van der Waals surface area contributed by atoms with Gasteiger partial charge >= 0.3 is 0 Å². The van der Waals surface area contributed by atoms with E-state index in [4.69, 9.17) is 4.74 Å². The van der Waals surface area contributed by atoms with Gasteiger partial charge in [0.15, 0.2) is 0 Å². The average Bonchev–Trinajstić information content (AvgIpc) is 3.29. The van der Waals surface area contributed by atoms with Crippen LogP contribution in [0, 0.1) is 0 Å². The van der Waals surface area contributed by atoms with Crippen LogP contribution in [0.1, 0.15) is 28.7 Å². The van der Waals surface area contributed by atoms with Crippen molar-refractivity contribution in [3.05, 3.63) is 168 Å². The van der Waals surface area contributed by atoms with Gasteiger partial charge in [-0.3, -0.25) is 0 Å². The molecule has 186 valence electrons. The summed E-state index contributed by atoms with van der Waals surface area (Å²) in [6.07, 6.45) is 10.1. The van der Waals surface area contributed by atoms with Gasteiger partial charge < -0.3 is 4.74 Å². The van der Waals surface area contributed by atoms with Crippen LogP contribution in [0.15, 0.2) is 146 Å². The Balaban J connectivity index is 1.39. The van der Waals surface area contributed by atoms with Gasteiger partial charge in [-0.15, -0.1) is 0 Å². The maximum Gasteiger partial charge on any atom is 0.132 e. The van der Waals surface area contributed by atoms with Crippen LogP contribution >= 0.6 is 7.92 Å². The first-order valence-corrected chi connectivity index (χ1v) is 15.1. The van der Waals surface area contributed by atoms with Gasteiger partial charge in [-0.2, -0.15) is 0 Å². The Morgan fingerprint density at radius 3 is 1.92 bits per heavy atom. The van der Waals surface area contributed by atoms with E-state index in [0.29, 0.717) is 5.66 Å². The van der Waals surface area contributed by atoms with Gasteiger partial charge in [-0.25, -0.2) is 0 Å². The standard InChI is InChI=1S/C37H27OP/c1-3-13-26(14-4-1)39(27-15-5-2-6-16-27)28-23-24-34-36(25-28)38-35-22-12-11-21-33(35)37(34)31-19-9-7-17-29(31)30-18-8-10-20-32(30)37/h1-15,17-25,27H,16H2. The van der Waals surface area contributed by atoms with Crippen molar-refractivity contribution in [3.8, 4) is 22.6 Å². The largest absolute Gasteiger partial charge is 0.457 e. The summed E-state index contributed by atoms with van der Waals surface area (Å²) in [7, 11) is -0.599. The summed E-state index contributed by atoms with van der Waals surface area (Å²) in [5.74, 6) is 1.91. The number of ether oxygens (including phenoxy) is 1. The van der Waals surface area contributed by atoms with Crippen molar-refractivity contribution in [3.63, 3.8) is 0 Å². The van der Waals surface area contributed by atoms with Crippen LogP contribution < -0.4 is 15.3 Å². The van der Waals surface area contributed by atoms with Gasteiger partial charge in [0, 0.05) is 16.8 Å². The van der Waals surface area contributed by atoms with Gasteiger partial charge in [0.25, 0.3) is 0 Å². The fraction of sp³-hybridized carbons (Fsp3) is 0.0811. The first kappa shape index (κ1) is 22.8. The molecule has 0 radical (unpaired) electrons. The molecule has 0 saturated carbocycles. The molecule has 2 aliphatic carbocycles. The third-order valence-corrected chi connectivity index (χ3v) is 11.2. The molecular formula is C37H27OP. The van der Waals surface area contributed by atoms with Crippen molar-refractivity contribution >= 4 is 18.5 Å². The van der Waals surface area contributed by atoms with E-state index in [9.17, 15) is 0 Å². The lowest BCUT2D eigenvalue weighted by atomic mass is 9.66. The number of hydrogen-bond donors (Lipinski definition) is 0. The van der Waals surface area contributed by atoms with E-state index in [1.54, 1.807) is 0 Å². The molecule has 5 aromatic rings. The summed E-state index contributed by atoms with van der Waals surface area (Å²) in [6.45, 7) is 0. The molecule has 1 spiro atoms. The summed E-state index contributed by atoms with van der Waals surface area (Å²) in [6, 6.07) is 44.6. The Labute approximate surface area is 230 Å². The molecule has 39 heavy (non-hydrogen) atoms. The lowest BCUT2D eigenvalue weighted by Gasteiger charge is -2.40. The first-order valence-electron chi connectivity index (χ1n) is 13.6. The van der Waals surface area contributed by atoms with Crippen LogP contribution in [0.4, 0.5) is 0 Å². The van der Waals surface area contributed by atoms with Crippen LogP contribution in [0.25, 0.3) is 11.1 Å². The highest BCUT2D eigenvalue weighted by molar-refractivity contribution is 7.73. The highest BCUT2D eigenvalue weighted by Crippen LogP contribution is 2.62. The topological polar surface area (TPSA) is 9.23 Å². The van der Waals surface area contributed by atoms with E-state index in [1.807, 2.05) is 0 Å². The van der Waals surface area contributed by atoms with E-state index in [2.05, 4.69) is 146 Å². The van der Waals surface area contributed by atoms with Gasteiger partial charge in [-0.05, 0) is 59.3 Å². The normalized spacial score (nSPS) is 18.0. The SMILES string of the molecule is C1=CCC(P(c2ccccc2)c2ccc3c(c2)Oc2ccccc2C32c3ccccc3-c3ccccc32)C=C1. The molecule has 0 amide bonds. The number of para-hydroxylation sites is 1. The summed E-state index contributed by atoms with van der Waals surface area (Å²) in [5, 5.41) is 2.76. The van der Waals surface area contributed by atoms with Crippen LogP contribution in [0.5, 0.6) is 11.5 Å². The molecule has 1 nitrogen and oxygen atoms in total. The second-order valence-corrected chi connectivity index (χ2v) is 12.9. The Hall–Kier alpha value is -4.19. The monoisotopic (exact) mass is 518 g/mol. The summed E-state index contributed by atoms with van der Waals surface area (Å²) in [4.78, 5) is 0. The summed E-state index contributed by atoms with van der Waals surface area (Å²) in [5.41, 5.74) is 7.79. The first-order chi connectivity index (χ1) is 19.4. The second kappa shape index (κ2) is 8.94. The molecule has 5 aromatic carbocycles. The summed E-state index contributed by atoms with van der Waals surface area (Å²) >= 11 is 0. The Morgan fingerprint density at radius 2 is 1.21 bits per heavy atom. The zero-order chi connectivity index (χ0) is 25.8. The fourth-order valence-corrected chi connectivity index (χ4v) is 9.53. The maximum atomic E-state index is 6.79. The fourth-order valence-electron chi connectivity index (χ4n) is 6.88. The zero-order valence-corrected chi connectivity index (χ0v) is 22.4. The van der Waals surface area contributed by atoms with Crippen molar-refractivity contribution in [1.29, 1.82) is 0 Å². The third-order valence-electron chi connectivity index (χ3n) is 8.43. The van der Waals surface area contributed by atoms with Crippen LogP contribution in [-0.2, 0) is 5.41 Å². The van der Waals surface area contributed by atoms with E-state index >= 15 is 0 Å². The molecule has 0 aromatic heterocycles. The number of hydrogen-bond acceptors (Lipinski definition) is 1. The minimum absolute atomic E-state index is 0.404. The van der Waals surface area contributed by atoms with E-state index in [0.717, 1.165) is 17.9 Å². The zero-order valence-electron chi connectivity index (χ0n) is 21.5. The predicted octanol–water partition coefficient (Wildman–Crippen LogP) is 8.47. The smallest absolute Gasteiger partial charge is 0.132 e. The number of rotatable bonds is 3. The minimum Gasteiger partial charge on any atom is -0.457 e. The van der Waals surface area contributed by atoms with Crippen molar-refractivity contribution in [2.24, 2.45) is 0 Å². The lowest BCUT2D eigenvalue weighted by Crippen LogP contribution is -2.33. The molecule has 1 heterocycles. The molecule has 0 bridgehead atoms. The molecular weight excluding hydrogens is 491 g/mol. The number of benzene rings is 5. The molecule has 2 unspecified atom stereocenters. The van der Waals surface area contributed by atoms with Crippen LogP contribution in [0.2, 0.25) is 0 Å². The van der Waals surface area contributed by atoms with Crippen molar-refractivity contribution in [2.75, 3.05) is 0 Å². The molecule has 0 saturated heterocycles. The van der Waals surface area contributed by atoms with Crippen molar-refractivity contribution in [1.82, 2.24) is 0 Å². The predicted molar refractivity (Wildman–Crippen MR) is 163 cm³/mol. The van der Waals surface area contributed by atoms with Gasteiger partial charge in [0.2, 0.25) is 0 Å². The average molecular weight is 519 g/mol. The molecule has 0 fully saturated rings. The minimum atomic E-state index is -0.599. The number of allylic oxidation sites excluding steroid dienone is 4. The highest BCUT2D eigenvalue weighted by atomic mass is 31.1. The molecule has 0 N–H and O–H groups in total. The second-order valence-electron chi connectivity index (χ2n) is 10.4. The summed E-state index contributed by atoms with van der Waals surface area (Å²) < 4.78 is 6.79. The molecule has 3 aliphatic rings. The van der Waals surface area contributed by atoms with Gasteiger partial charge in [0.1, 0.15) is 11.5 Å². The Kier molecular flexibility index (Phi) is 5.22. The molecule has 8 rings (SSSR count). The van der Waals surface area contributed by atoms with Crippen molar-refractivity contribution < 1.29 is 4.74 Å². The number of fused-ring (bicyclic) bond motifs is 9. The highest BCUT2D eigenvalue weighted by Gasteiger charge is 2.51. The van der Waals surface area contributed by atoms with Crippen LogP contribution in [0.3, 0.4) is 0 Å². The maximum absolute atomic E-state index is 6.79. The Morgan fingerprint density at radius 1 is 0.564 bits per heavy atom. The van der Waals surface area contributed by atoms with Crippen LogP contribution in [-0.4, -0.2) is 5.66 Å². The Bertz CT molecular complexity index is 1740.